The smallest absolute Gasteiger partial charge is 0.417 e. The summed E-state index contributed by atoms with van der Waals surface area (Å²) >= 11 is 0. The van der Waals surface area contributed by atoms with Gasteiger partial charge in [0.25, 0.3) is 0 Å². The molecule has 1 aromatic carbocycles. The molecule has 1 N–H and O–H groups in total. The third-order valence-electron chi connectivity index (χ3n) is 5.80. The monoisotopic (exact) mass is 447 g/mol. The molecular formula is C22H20F3N3O4. The highest BCUT2D eigenvalue weighted by Crippen LogP contribution is 2.40. The zero-order valence-electron chi connectivity index (χ0n) is 16.9. The maximum absolute atomic E-state index is 13.0. The second kappa shape index (κ2) is 7.68. The molecule has 7 nitrogen and oxygen atoms in total. The van der Waals surface area contributed by atoms with Crippen LogP contribution in [0.5, 0.6) is 17.4 Å². The van der Waals surface area contributed by atoms with E-state index in [1.807, 2.05) is 0 Å². The number of carbonyl (C=O) groups is 2. The van der Waals surface area contributed by atoms with Gasteiger partial charge in [0.1, 0.15) is 17.5 Å². The van der Waals surface area contributed by atoms with E-state index in [1.165, 1.54) is 0 Å². The summed E-state index contributed by atoms with van der Waals surface area (Å²) in [5.74, 6) is 0.562. The van der Waals surface area contributed by atoms with Gasteiger partial charge in [-0.25, -0.2) is 4.98 Å². The number of fused-ring (bicyclic) bond motifs is 1. The number of pyridine rings is 1. The van der Waals surface area contributed by atoms with E-state index in [0.717, 1.165) is 30.5 Å². The molecule has 1 atom stereocenters. The number of amides is 2. The van der Waals surface area contributed by atoms with Crippen LogP contribution >= 0.6 is 0 Å². The van der Waals surface area contributed by atoms with Crippen molar-refractivity contribution in [2.45, 2.75) is 50.4 Å². The number of anilines is 1. The van der Waals surface area contributed by atoms with E-state index in [4.69, 9.17) is 9.47 Å². The Bertz CT molecular complexity index is 1070. The van der Waals surface area contributed by atoms with Crippen LogP contribution in [0.25, 0.3) is 0 Å². The van der Waals surface area contributed by atoms with Gasteiger partial charge in [0.2, 0.25) is 17.7 Å². The zero-order chi connectivity index (χ0) is 22.5. The summed E-state index contributed by atoms with van der Waals surface area (Å²) in [5, 5.41) is 2.87. The zero-order valence-corrected chi connectivity index (χ0v) is 16.9. The molecule has 0 spiro atoms. The molecule has 2 amide bonds. The fourth-order valence-electron chi connectivity index (χ4n) is 4.15. The van der Waals surface area contributed by atoms with E-state index in [-0.39, 0.29) is 23.7 Å². The first-order valence-corrected chi connectivity index (χ1v) is 10.4. The standard InChI is InChI=1S/C22H20F3N3O4/c23-22(24,25)13-1-5-18(26-11-13)32-15-9-12-7-8-31-20(12)16(10-15)27-21(30)17-4-6-19(29)28(17)14-2-3-14/h1,5,9-11,14,17H,2-4,6-8H2,(H,27,30)/t17-/m0/s1. The Morgan fingerprint density at radius 3 is 2.69 bits per heavy atom. The van der Waals surface area contributed by atoms with Crippen LogP contribution in [0.3, 0.4) is 0 Å². The summed E-state index contributed by atoms with van der Waals surface area (Å²) in [7, 11) is 0. The number of nitrogens with zero attached hydrogens (tertiary/aromatic N) is 2. The lowest BCUT2D eigenvalue weighted by molar-refractivity contribution is -0.137. The van der Waals surface area contributed by atoms with Crippen molar-refractivity contribution in [2.75, 3.05) is 11.9 Å². The largest absolute Gasteiger partial charge is 0.491 e. The third-order valence-corrected chi connectivity index (χ3v) is 5.80. The summed E-state index contributed by atoms with van der Waals surface area (Å²) in [5.41, 5.74) is 0.347. The van der Waals surface area contributed by atoms with Crippen molar-refractivity contribution in [3.63, 3.8) is 0 Å². The highest BCUT2D eigenvalue weighted by molar-refractivity contribution is 6.00. The van der Waals surface area contributed by atoms with E-state index in [2.05, 4.69) is 10.3 Å². The normalized spacial score (nSPS) is 20.2. The van der Waals surface area contributed by atoms with Crippen molar-refractivity contribution in [3.8, 4) is 17.4 Å². The van der Waals surface area contributed by atoms with Gasteiger partial charge < -0.3 is 19.7 Å². The third kappa shape index (κ3) is 3.96. The number of carbonyl (C=O) groups excluding carboxylic acids is 2. The van der Waals surface area contributed by atoms with Gasteiger partial charge in [0.05, 0.1) is 17.9 Å². The topological polar surface area (TPSA) is 80.8 Å². The first-order valence-electron chi connectivity index (χ1n) is 10.4. The van der Waals surface area contributed by atoms with E-state index in [9.17, 15) is 22.8 Å². The maximum atomic E-state index is 13.0. The lowest BCUT2D eigenvalue weighted by Gasteiger charge is -2.24. The second-order valence-electron chi connectivity index (χ2n) is 8.12. The molecule has 10 heteroatoms. The van der Waals surface area contributed by atoms with Gasteiger partial charge in [-0.3, -0.25) is 9.59 Å². The van der Waals surface area contributed by atoms with Crippen LogP contribution in [-0.2, 0) is 22.2 Å². The van der Waals surface area contributed by atoms with Crippen LogP contribution in [0.2, 0.25) is 0 Å². The molecule has 1 aliphatic carbocycles. The molecule has 32 heavy (non-hydrogen) atoms. The Morgan fingerprint density at radius 2 is 2.00 bits per heavy atom. The van der Waals surface area contributed by atoms with Gasteiger partial charge in [-0.1, -0.05) is 0 Å². The minimum absolute atomic E-state index is 0.000379. The summed E-state index contributed by atoms with van der Waals surface area (Å²) in [6, 6.07) is 4.93. The lowest BCUT2D eigenvalue weighted by atomic mass is 10.1. The van der Waals surface area contributed by atoms with E-state index >= 15 is 0 Å². The number of likely N-dealkylation sites (tertiary alicyclic amines) is 1. The van der Waals surface area contributed by atoms with Gasteiger partial charge in [-0.05, 0) is 31.4 Å². The lowest BCUT2D eigenvalue weighted by Crippen LogP contribution is -2.42. The summed E-state index contributed by atoms with van der Waals surface area (Å²) in [6.45, 7) is 0.441. The average Bonchev–Trinajstić information content (AvgIpc) is 3.32. The second-order valence-corrected chi connectivity index (χ2v) is 8.12. The minimum atomic E-state index is -4.48. The SMILES string of the molecule is O=C(Nc1cc(Oc2ccc(C(F)(F)F)cn2)cc2c1OCC2)[C@@H]1CCC(=O)N1C1CC1. The molecule has 1 saturated heterocycles. The Labute approximate surface area is 181 Å². The molecule has 1 aromatic heterocycles. The summed E-state index contributed by atoms with van der Waals surface area (Å²) < 4.78 is 49.6. The highest BCUT2D eigenvalue weighted by atomic mass is 19.4. The van der Waals surface area contributed by atoms with Gasteiger partial charge in [-0.15, -0.1) is 0 Å². The molecule has 5 rings (SSSR count). The van der Waals surface area contributed by atoms with E-state index in [0.29, 0.717) is 49.3 Å². The van der Waals surface area contributed by atoms with Crippen LogP contribution in [0.4, 0.5) is 18.9 Å². The van der Waals surface area contributed by atoms with E-state index < -0.39 is 17.8 Å². The maximum Gasteiger partial charge on any atom is 0.417 e. The Hall–Kier alpha value is -3.30. The van der Waals surface area contributed by atoms with Crippen LogP contribution in [0, 0.1) is 0 Å². The number of alkyl halides is 3. The summed E-state index contributed by atoms with van der Waals surface area (Å²) in [4.78, 5) is 30.6. The molecule has 3 aliphatic rings. The van der Waals surface area contributed by atoms with Crippen LogP contribution in [-0.4, -0.2) is 40.4 Å². The number of nitrogens with one attached hydrogen (secondary N) is 1. The molecule has 3 heterocycles. The molecule has 2 aromatic rings. The molecule has 2 aliphatic heterocycles. The van der Waals surface area contributed by atoms with Crippen LogP contribution < -0.4 is 14.8 Å². The van der Waals surface area contributed by atoms with Gasteiger partial charge in [-0.2, -0.15) is 13.2 Å². The van der Waals surface area contributed by atoms with Crippen molar-refractivity contribution in [1.29, 1.82) is 0 Å². The number of benzene rings is 1. The van der Waals surface area contributed by atoms with Crippen LogP contribution in [0.15, 0.2) is 30.5 Å². The molecule has 0 bridgehead atoms. The average molecular weight is 447 g/mol. The number of ether oxygens (including phenoxy) is 2. The highest BCUT2D eigenvalue weighted by Gasteiger charge is 2.44. The van der Waals surface area contributed by atoms with Crippen molar-refractivity contribution in [1.82, 2.24) is 9.88 Å². The molecular weight excluding hydrogens is 427 g/mol. The first-order chi connectivity index (χ1) is 15.3. The number of hydrogen-bond donors (Lipinski definition) is 1. The van der Waals surface area contributed by atoms with Gasteiger partial charge >= 0.3 is 6.18 Å². The predicted octanol–water partition coefficient (Wildman–Crippen LogP) is 3.92. The molecule has 168 valence electrons. The van der Waals surface area contributed by atoms with Crippen molar-refractivity contribution >= 4 is 17.5 Å². The van der Waals surface area contributed by atoms with Crippen molar-refractivity contribution in [3.05, 3.63) is 41.6 Å². The molecule has 0 radical (unpaired) electrons. The summed E-state index contributed by atoms with van der Waals surface area (Å²) in [6.07, 6.45) is -0.523. The van der Waals surface area contributed by atoms with Crippen molar-refractivity contribution < 1.29 is 32.2 Å². The fourth-order valence-corrected chi connectivity index (χ4v) is 4.15. The number of rotatable bonds is 5. The van der Waals surface area contributed by atoms with Crippen LogP contribution in [0.1, 0.15) is 36.8 Å². The van der Waals surface area contributed by atoms with Gasteiger partial charge in [0, 0.05) is 42.8 Å². The molecule has 2 fully saturated rings. The fraction of sp³-hybridized carbons (Fsp3) is 0.409. The van der Waals surface area contributed by atoms with Gasteiger partial charge in [0.15, 0.2) is 0 Å². The Balaban J connectivity index is 1.36. The molecule has 1 saturated carbocycles. The quantitative estimate of drug-likeness (QED) is 0.752. The number of halogens is 3. The Kier molecular flexibility index (Phi) is 4.94. The number of hydrogen-bond acceptors (Lipinski definition) is 5. The minimum Gasteiger partial charge on any atom is -0.491 e. The molecule has 0 unspecified atom stereocenters. The van der Waals surface area contributed by atoms with Crippen molar-refractivity contribution in [2.24, 2.45) is 0 Å². The predicted molar refractivity (Wildman–Crippen MR) is 106 cm³/mol. The number of aromatic nitrogens is 1. The van der Waals surface area contributed by atoms with E-state index in [1.54, 1.807) is 17.0 Å². The first kappa shape index (κ1) is 20.6. The Morgan fingerprint density at radius 1 is 1.19 bits per heavy atom.